The van der Waals surface area contributed by atoms with Crippen molar-refractivity contribution in [3.8, 4) is 0 Å². The van der Waals surface area contributed by atoms with E-state index in [0.29, 0.717) is 21.7 Å². The first-order chi connectivity index (χ1) is 14.4. The fourth-order valence-corrected chi connectivity index (χ4v) is 12.0. The van der Waals surface area contributed by atoms with E-state index in [1.807, 2.05) is 0 Å². The Labute approximate surface area is 197 Å². The highest BCUT2D eigenvalue weighted by Crippen LogP contribution is 2.89. The van der Waals surface area contributed by atoms with Crippen LogP contribution in [0.25, 0.3) is 0 Å². The fraction of sp³-hybridized carbons (Fsp3) is 1.00. The first kappa shape index (κ1) is 23.1. The number of aliphatic hydroxyl groups is 1. The SMILES string of the molecule is CC(C)SCC[C@@H](C)[C@H]1CC[C@@]2(C)[C@@H]3CC[C@H]4C(C)(C)[C@@H](O)CC[C@@]45C[C@@]35CC[C@]12C. The van der Waals surface area contributed by atoms with E-state index in [9.17, 15) is 5.11 Å². The van der Waals surface area contributed by atoms with Crippen LogP contribution in [0.2, 0.25) is 0 Å². The predicted octanol–water partition coefficient (Wildman–Crippen LogP) is 7.95. The highest BCUT2D eigenvalue weighted by atomic mass is 32.2. The van der Waals surface area contributed by atoms with Crippen molar-refractivity contribution in [1.82, 2.24) is 0 Å². The van der Waals surface area contributed by atoms with Crippen LogP contribution in [0, 0.1) is 50.7 Å². The van der Waals surface area contributed by atoms with Crippen LogP contribution in [0.1, 0.15) is 113 Å². The monoisotopic (exact) mass is 446 g/mol. The van der Waals surface area contributed by atoms with Gasteiger partial charge in [0.05, 0.1) is 6.10 Å². The summed E-state index contributed by atoms with van der Waals surface area (Å²) in [6.07, 6.45) is 14.0. The van der Waals surface area contributed by atoms with Gasteiger partial charge in [0.1, 0.15) is 0 Å². The number of aliphatic hydroxyl groups excluding tert-OH is 1. The number of hydrogen-bond donors (Lipinski definition) is 1. The maximum atomic E-state index is 10.8. The predicted molar refractivity (Wildman–Crippen MR) is 134 cm³/mol. The van der Waals surface area contributed by atoms with Crippen molar-refractivity contribution in [3.05, 3.63) is 0 Å². The van der Waals surface area contributed by atoms with Crippen LogP contribution in [-0.4, -0.2) is 22.2 Å². The summed E-state index contributed by atoms with van der Waals surface area (Å²) in [5, 5.41) is 11.6. The Morgan fingerprint density at radius 1 is 0.806 bits per heavy atom. The van der Waals surface area contributed by atoms with Gasteiger partial charge < -0.3 is 5.11 Å². The number of hydrogen-bond acceptors (Lipinski definition) is 2. The molecule has 31 heavy (non-hydrogen) atoms. The van der Waals surface area contributed by atoms with Crippen molar-refractivity contribution in [3.63, 3.8) is 0 Å². The van der Waals surface area contributed by atoms with Crippen molar-refractivity contribution >= 4 is 11.8 Å². The second-order valence-electron chi connectivity index (χ2n) is 14.2. The average Bonchev–Trinajstić information content (AvgIpc) is 3.27. The molecule has 2 spiro atoms. The van der Waals surface area contributed by atoms with Crippen LogP contribution in [-0.2, 0) is 0 Å². The summed E-state index contributed by atoms with van der Waals surface area (Å²) in [7, 11) is 0. The molecule has 1 nitrogen and oxygen atoms in total. The molecule has 0 unspecified atom stereocenters. The van der Waals surface area contributed by atoms with Gasteiger partial charge in [0, 0.05) is 0 Å². The Morgan fingerprint density at radius 2 is 1.48 bits per heavy atom. The number of rotatable bonds is 5. The Kier molecular flexibility index (Phi) is 5.33. The molecule has 0 amide bonds. The zero-order chi connectivity index (χ0) is 22.4. The van der Waals surface area contributed by atoms with E-state index in [2.05, 4.69) is 60.2 Å². The highest BCUT2D eigenvalue weighted by Gasteiger charge is 2.82. The van der Waals surface area contributed by atoms with E-state index in [-0.39, 0.29) is 11.5 Å². The van der Waals surface area contributed by atoms with Gasteiger partial charge in [-0.2, -0.15) is 11.8 Å². The maximum Gasteiger partial charge on any atom is 0.0594 e. The van der Waals surface area contributed by atoms with E-state index in [1.165, 1.54) is 63.5 Å². The minimum atomic E-state index is -0.0813. The van der Waals surface area contributed by atoms with Crippen LogP contribution in [0.15, 0.2) is 0 Å². The van der Waals surface area contributed by atoms with Crippen LogP contribution < -0.4 is 0 Å². The molecule has 178 valence electrons. The van der Waals surface area contributed by atoms with Crippen molar-refractivity contribution in [2.24, 2.45) is 50.7 Å². The largest absolute Gasteiger partial charge is 0.393 e. The van der Waals surface area contributed by atoms with Crippen molar-refractivity contribution in [1.29, 1.82) is 0 Å². The van der Waals surface area contributed by atoms with Gasteiger partial charge in [-0.05, 0) is 126 Å². The summed E-state index contributed by atoms with van der Waals surface area (Å²) in [6.45, 7) is 17.6. The van der Waals surface area contributed by atoms with Gasteiger partial charge in [0.25, 0.3) is 0 Å². The second-order valence-corrected chi connectivity index (χ2v) is 15.9. The molecular formula is C29H50OS. The maximum absolute atomic E-state index is 10.8. The third-order valence-electron chi connectivity index (χ3n) is 12.9. The van der Waals surface area contributed by atoms with Crippen molar-refractivity contribution < 1.29 is 5.11 Å². The van der Waals surface area contributed by atoms with Gasteiger partial charge in [-0.3, -0.25) is 0 Å². The molecule has 0 saturated heterocycles. The Bertz CT molecular complexity index is 716. The summed E-state index contributed by atoms with van der Waals surface area (Å²) in [5.41, 5.74) is 2.43. The van der Waals surface area contributed by atoms with E-state index in [4.69, 9.17) is 0 Å². The minimum absolute atomic E-state index is 0.0813. The summed E-state index contributed by atoms with van der Waals surface area (Å²) in [5.74, 6) is 4.86. The highest BCUT2D eigenvalue weighted by molar-refractivity contribution is 7.99. The van der Waals surface area contributed by atoms with E-state index < -0.39 is 0 Å². The lowest BCUT2D eigenvalue weighted by molar-refractivity contribution is -0.161. The van der Waals surface area contributed by atoms with Gasteiger partial charge in [-0.15, -0.1) is 0 Å². The average molecular weight is 447 g/mol. The van der Waals surface area contributed by atoms with Crippen molar-refractivity contribution in [2.45, 2.75) is 124 Å². The van der Waals surface area contributed by atoms with Crippen LogP contribution in [0.5, 0.6) is 0 Å². The molecular weight excluding hydrogens is 396 g/mol. The summed E-state index contributed by atoms with van der Waals surface area (Å²) >= 11 is 2.16. The molecule has 1 N–H and O–H groups in total. The summed E-state index contributed by atoms with van der Waals surface area (Å²) in [6, 6.07) is 0. The third-order valence-corrected chi connectivity index (χ3v) is 14.0. The first-order valence-electron chi connectivity index (χ1n) is 13.7. The standard InChI is InChI=1S/C29H50OS/c1-19(2)31-17-12-20(3)21-10-13-27(7)23-9-8-22-25(4,5)24(30)11-14-28(22)18-29(23,28)16-15-26(21,27)6/h19-24,30H,8-18H2,1-7H3/t20-,21-,22+,23+,24+,26-,27+,28-,29+/m1/s1. The van der Waals surface area contributed by atoms with Gasteiger partial charge in [0.2, 0.25) is 0 Å². The number of fused-ring (bicyclic) bond motifs is 2. The molecule has 0 aromatic heterocycles. The molecule has 5 aliphatic rings. The van der Waals surface area contributed by atoms with E-state index >= 15 is 0 Å². The summed E-state index contributed by atoms with van der Waals surface area (Å²) in [4.78, 5) is 0. The molecule has 9 atom stereocenters. The van der Waals surface area contributed by atoms with Gasteiger partial charge in [0.15, 0.2) is 0 Å². The molecule has 0 aromatic rings. The second kappa shape index (κ2) is 7.16. The first-order valence-corrected chi connectivity index (χ1v) is 14.8. The smallest absolute Gasteiger partial charge is 0.0594 e. The summed E-state index contributed by atoms with van der Waals surface area (Å²) < 4.78 is 0. The van der Waals surface area contributed by atoms with Gasteiger partial charge >= 0.3 is 0 Å². The molecule has 5 aliphatic carbocycles. The lowest BCUT2D eigenvalue weighted by atomic mass is 9.42. The molecule has 0 radical (unpaired) electrons. The Hall–Kier alpha value is 0.310. The topological polar surface area (TPSA) is 20.2 Å². The molecule has 2 heteroatoms. The van der Waals surface area contributed by atoms with Crippen LogP contribution in [0.4, 0.5) is 0 Å². The molecule has 5 rings (SSSR count). The Balaban J connectivity index is 1.39. The Morgan fingerprint density at radius 3 is 2.19 bits per heavy atom. The lowest BCUT2D eigenvalue weighted by Gasteiger charge is -2.63. The van der Waals surface area contributed by atoms with Crippen LogP contribution >= 0.6 is 11.8 Å². The van der Waals surface area contributed by atoms with Crippen molar-refractivity contribution in [2.75, 3.05) is 5.75 Å². The molecule has 0 bridgehead atoms. The zero-order valence-corrected chi connectivity index (χ0v) is 22.4. The van der Waals surface area contributed by atoms with Crippen LogP contribution in [0.3, 0.4) is 0 Å². The third kappa shape index (κ3) is 2.85. The van der Waals surface area contributed by atoms with E-state index in [0.717, 1.165) is 35.3 Å². The lowest BCUT2D eigenvalue weighted by Crippen LogP contribution is -2.57. The van der Waals surface area contributed by atoms with Gasteiger partial charge in [-0.25, -0.2) is 0 Å². The van der Waals surface area contributed by atoms with Gasteiger partial charge in [-0.1, -0.05) is 48.5 Å². The van der Waals surface area contributed by atoms with E-state index in [1.54, 1.807) is 0 Å². The molecule has 0 heterocycles. The number of thioether (sulfide) groups is 1. The molecule has 0 aliphatic heterocycles. The molecule has 5 saturated carbocycles. The molecule has 5 fully saturated rings. The quantitative estimate of drug-likeness (QED) is 0.462. The fourth-order valence-electron chi connectivity index (χ4n) is 11.0. The normalized spacial score (nSPS) is 53.3. The zero-order valence-electron chi connectivity index (χ0n) is 21.6. The minimum Gasteiger partial charge on any atom is -0.393 e. The molecule has 0 aromatic carbocycles.